The Bertz CT molecular complexity index is 1000. The lowest BCUT2D eigenvalue weighted by atomic mass is 10.1. The molecule has 0 aliphatic heterocycles. The first-order valence-electron chi connectivity index (χ1n) is 8.36. The van der Waals surface area contributed by atoms with E-state index < -0.39 is 4.92 Å². The normalized spacial score (nSPS) is 10.6. The van der Waals surface area contributed by atoms with E-state index in [0.29, 0.717) is 22.1 Å². The zero-order valence-corrected chi connectivity index (χ0v) is 15.7. The van der Waals surface area contributed by atoms with E-state index >= 15 is 0 Å². The summed E-state index contributed by atoms with van der Waals surface area (Å²) >= 11 is 1.17. The summed E-state index contributed by atoms with van der Waals surface area (Å²) in [7, 11) is 0. The van der Waals surface area contributed by atoms with Crippen LogP contribution in [0.4, 0.5) is 10.1 Å². The molecule has 0 aliphatic rings. The van der Waals surface area contributed by atoms with E-state index in [0.717, 1.165) is 0 Å². The number of rotatable bonds is 7. The van der Waals surface area contributed by atoms with Gasteiger partial charge in [-0.3, -0.25) is 19.5 Å². The molecule has 0 spiro atoms. The van der Waals surface area contributed by atoms with Gasteiger partial charge in [-0.2, -0.15) is 0 Å². The molecule has 0 bridgehead atoms. The third-order valence-corrected chi connectivity index (χ3v) is 4.72. The van der Waals surface area contributed by atoms with Gasteiger partial charge in [0, 0.05) is 23.4 Å². The number of nitrogens with zero attached hydrogens (tertiary/aromatic N) is 3. The number of non-ortho nitro benzene ring substituents is 1. The van der Waals surface area contributed by atoms with Crippen LogP contribution < -0.4 is 0 Å². The molecule has 3 rings (SSSR count). The van der Waals surface area contributed by atoms with E-state index in [1.807, 2.05) is 0 Å². The minimum atomic E-state index is -0.474. The molecule has 0 unspecified atom stereocenters. The van der Waals surface area contributed by atoms with Gasteiger partial charge in [0.15, 0.2) is 5.16 Å². The third-order valence-electron chi connectivity index (χ3n) is 3.79. The van der Waals surface area contributed by atoms with E-state index in [1.165, 1.54) is 36.0 Å². The molecule has 0 aliphatic carbocycles. The van der Waals surface area contributed by atoms with Gasteiger partial charge in [-0.15, -0.1) is 0 Å². The summed E-state index contributed by atoms with van der Waals surface area (Å²) in [5, 5.41) is 11.6. The maximum atomic E-state index is 13.4. The third kappa shape index (κ3) is 4.37. The molecule has 28 heavy (non-hydrogen) atoms. The molecule has 0 fully saturated rings. The second-order valence-corrected chi connectivity index (χ2v) is 6.58. The topological polar surface area (TPSA) is 87.3 Å². The lowest BCUT2D eigenvalue weighted by Gasteiger charge is -2.12. The van der Waals surface area contributed by atoms with E-state index in [4.69, 9.17) is 4.74 Å². The van der Waals surface area contributed by atoms with Crippen molar-refractivity contribution in [3.8, 4) is 16.9 Å². The Hall–Kier alpha value is -3.20. The van der Waals surface area contributed by atoms with Crippen LogP contribution in [0.25, 0.3) is 16.9 Å². The molecule has 7 nitrogen and oxygen atoms in total. The molecular weight excluding hydrogens is 385 g/mol. The summed E-state index contributed by atoms with van der Waals surface area (Å²) in [6.45, 7) is 2.01. The maximum absolute atomic E-state index is 13.4. The number of esters is 1. The van der Waals surface area contributed by atoms with Crippen LogP contribution in [0.2, 0.25) is 0 Å². The van der Waals surface area contributed by atoms with Gasteiger partial charge in [0.25, 0.3) is 5.69 Å². The number of benzene rings is 2. The van der Waals surface area contributed by atoms with Crippen LogP contribution in [0.5, 0.6) is 0 Å². The van der Waals surface area contributed by atoms with Crippen LogP contribution in [0.1, 0.15) is 6.92 Å². The number of carbonyl (C=O) groups excluding carboxylic acids is 1. The Morgan fingerprint density at radius 2 is 2.04 bits per heavy atom. The molecule has 1 heterocycles. The number of nitro groups is 1. The molecule has 1 aromatic heterocycles. The average molecular weight is 401 g/mol. The van der Waals surface area contributed by atoms with Crippen LogP contribution in [0.15, 0.2) is 59.9 Å². The fourth-order valence-corrected chi connectivity index (χ4v) is 3.38. The van der Waals surface area contributed by atoms with Crippen LogP contribution >= 0.6 is 11.8 Å². The largest absolute Gasteiger partial charge is 0.465 e. The smallest absolute Gasteiger partial charge is 0.316 e. The highest BCUT2D eigenvalue weighted by Gasteiger charge is 2.17. The molecule has 0 saturated heterocycles. The average Bonchev–Trinajstić information content (AvgIpc) is 3.11. The number of halogens is 1. The Kier molecular flexibility index (Phi) is 6.05. The van der Waals surface area contributed by atoms with Gasteiger partial charge in [-0.1, -0.05) is 23.9 Å². The molecule has 0 amide bonds. The Morgan fingerprint density at radius 3 is 2.71 bits per heavy atom. The highest BCUT2D eigenvalue weighted by molar-refractivity contribution is 7.99. The lowest BCUT2D eigenvalue weighted by molar-refractivity contribution is -0.384. The van der Waals surface area contributed by atoms with Crippen molar-refractivity contribution in [2.75, 3.05) is 12.4 Å². The summed E-state index contributed by atoms with van der Waals surface area (Å²) in [5.74, 6) is -0.708. The van der Waals surface area contributed by atoms with Gasteiger partial charge in [-0.05, 0) is 31.2 Å². The minimum Gasteiger partial charge on any atom is -0.465 e. The Balaban J connectivity index is 2.05. The van der Waals surface area contributed by atoms with Crippen LogP contribution in [-0.4, -0.2) is 32.8 Å². The predicted molar refractivity (Wildman–Crippen MR) is 103 cm³/mol. The maximum Gasteiger partial charge on any atom is 0.316 e. The SMILES string of the molecule is CCOC(=O)CSc1ncc(-c2cccc([N+](=O)[O-])c2)n1-c1ccc(F)cc1. The summed E-state index contributed by atoms with van der Waals surface area (Å²) in [6.07, 6.45) is 1.57. The van der Waals surface area contributed by atoms with Gasteiger partial charge >= 0.3 is 5.97 Å². The summed E-state index contributed by atoms with van der Waals surface area (Å²) in [6, 6.07) is 11.9. The van der Waals surface area contributed by atoms with Gasteiger partial charge < -0.3 is 4.74 Å². The molecular formula is C19H16FN3O4S. The molecule has 0 N–H and O–H groups in total. The number of imidazole rings is 1. The lowest BCUT2D eigenvalue weighted by Crippen LogP contribution is -2.08. The Morgan fingerprint density at radius 1 is 1.29 bits per heavy atom. The van der Waals surface area contributed by atoms with Crippen molar-refractivity contribution >= 4 is 23.4 Å². The minimum absolute atomic E-state index is 0.0508. The van der Waals surface area contributed by atoms with Crippen molar-refractivity contribution in [2.24, 2.45) is 0 Å². The van der Waals surface area contributed by atoms with Crippen LogP contribution in [0, 0.1) is 15.9 Å². The van der Waals surface area contributed by atoms with E-state index in [-0.39, 0.29) is 29.8 Å². The molecule has 0 atom stereocenters. The number of aromatic nitrogens is 2. The van der Waals surface area contributed by atoms with E-state index in [9.17, 15) is 19.3 Å². The van der Waals surface area contributed by atoms with Crippen molar-refractivity contribution in [3.63, 3.8) is 0 Å². The fraction of sp³-hybridized carbons (Fsp3) is 0.158. The molecule has 2 aromatic carbocycles. The number of hydrogen-bond donors (Lipinski definition) is 0. The zero-order chi connectivity index (χ0) is 20.1. The van der Waals surface area contributed by atoms with Crippen LogP contribution in [-0.2, 0) is 9.53 Å². The molecule has 3 aromatic rings. The van der Waals surface area contributed by atoms with Gasteiger partial charge in [-0.25, -0.2) is 9.37 Å². The molecule has 144 valence electrons. The van der Waals surface area contributed by atoms with Crippen molar-refractivity contribution in [3.05, 3.63) is 70.7 Å². The van der Waals surface area contributed by atoms with Gasteiger partial charge in [0.1, 0.15) is 5.82 Å². The summed E-state index contributed by atoms with van der Waals surface area (Å²) in [5.41, 5.74) is 1.73. The van der Waals surface area contributed by atoms with Crippen molar-refractivity contribution in [1.82, 2.24) is 9.55 Å². The number of ether oxygens (including phenoxy) is 1. The fourth-order valence-electron chi connectivity index (χ4n) is 2.58. The van der Waals surface area contributed by atoms with Crippen molar-refractivity contribution in [2.45, 2.75) is 12.1 Å². The second kappa shape index (κ2) is 8.66. The monoisotopic (exact) mass is 401 g/mol. The summed E-state index contributed by atoms with van der Waals surface area (Å²) in [4.78, 5) is 26.7. The first-order valence-corrected chi connectivity index (χ1v) is 9.35. The first kappa shape index (κ1) is 19.6. The van der Waals surface area contributed by atoms with Gasteiger partial charge in [0.05, 0.1) is 29.2 Å². The molecule has 9 heteroatoms. The highest BCUT2D eigenvalue weighted by atomic mass is 32.2. The van der Waals surface area contributed by atoms with Gasteiger partial charge in [0.2, 0.25) is 0 Å². The quantitative estimate of drug-likeness (QED) is 0.255. The molecule has 0 saturated carbocycles. The van der Waals surface area contributed by atoms with Crippen LogP contribution in [0.3, 0.4) is 0 Å². The number of nitro benzene ring substituents is 1. The number of thioether (sulfide) groups is 1. The van der Waals surface area contributed by atoms with Crippen molar-refractivity contribution in [1.29, 1.82) is 0 Å². The second-order valence-electron chi connectivity index (χ2n) is 5.64. The van der Waals surface area contributed by atoms with E-state index in [1.54, 1.807) is 42.0 Å². The summed E-state index contributed by atoms with van der Waals surface area (Å²) < 4.78 is 20.0. The number of carbonyl (C=O) groups is 1. The predicted octanol–water partition coefficient (Wildman–Crippen LogP) is 4.24. The zero-order valence-electron chi connectivity index (χ0n) is 14.9. The standard InChI is InChI=1S/C19H16FN3O4S/c1-2-27-18(24)12-28-19-21-11-17(13-4-3-5-16(10-13)23(25)26)22(19)15-8-6-14(20)7-9-15/h3-11H,2,12H2,1H3. The highest BCUT2D eigenvalue weighted by Crippen LogP contribution is 2.31. The number of hydrogen-bond acceptors (Lipinski definition) is 6. The van der Waals surface area contributed by atoms with Crippen molar-refractivity contribution < 1.29 is 18.8 Å². The first-order chi connectivity index (χ1) is 13.5. The Labute approximate surface area is 164 Å². The van der Waals surface area contributed by atoms with E-state index in [2.05, 4.69) is 4.98 Å². The molecule has 0 radical (unpaired) electrons.